The van der Waals surface area contributed by atoms with Crippen LogP contribution < -0.4 is 15.4 Å². The number of carbonyl (C=O) groups is 1. The highest BCUT2D eigenvalue weighted by Gasteiger charge is 2.32. The standard InChI is InChI=1S/C26H34F3N3O4S/c1-17(32-37(34,35)22-8-5-7-21(16-22)26(27,28)29)14-25(33)31-24-9-4-6-20-15-19(10-11-23(20)24)18(2)30-12-13-36-3/h5,7-8,10-11,15-18,24,30,32H,4,6,9,12-14H2,1-3H3,(H,31,33)/t17-,18+,24?/m0/s1. The topological polar surface area (TPSA) is 96.5 Å². The van der Waals surface area contributed by atoms with Gasteiger partial charge >= 0.3 is 6.18 Å². The van der Waals surface area contributed by atoms with E-state index in [4.69, 9.17) is 4.74 Å². The molecular weight excluding hydrogens is 507 g/mol. The number of hydrogen-bond acceptors (Lipinski definition) is 5. The van der Waals surface area contributed by atoms with Crippen molar-refractivity contribution in [1.29, 1.82) is 0 Å². The van der Waals surface area contributed by atoms with Crippen LogP contribution in [0.5, 0.6) is 0 Å². The Hall–Kier alpha value is -2.47. The first-order chi connectivity index (χ1) is 17.4. The number of rotatable bonds is 11. The second-order valence-electron chi connectivity index (χ2n) is 9.39. The molecule has 0 radical (unpaired) electrons. The maximum absolute atomic E-state index is 13.0. The molecule has 2 aromatic rings. The molecule has 204 valence electrons. The molecule has 1 unspecified atom stereocenters. The van der Waals surface area contributed by atoms with E-state index in [1.807, 2.05) is 12.1 Å². The zero-order valence-electron chi connectivity index (χ0n) is 21.2. The van der Waals surface area contributed by atoms with Crippen LogP contribution in [0, 0.1) is 0 Å². The summed E-state index contributed by atoms with van der Waals surface area (Å²) in [5.74, 6) is -0.337. The molecule has 0 spiro atoms. The van der Waals surface area contributed by atoms with Gasteiger partial charge < -0.3 is 15.4 Å². The maximum Gasteiger partial charge on any atom is 0.416 e. The monoisotopic (exact) mass is 541 g/mol. The molecule has 2 aromatic carbocycles. The van der Waals surface area contributed by atoms with Crippen molar-refractivity contribution in [3.63, 3.8) is 0 Å². The summed E-state index contributed by atoms with van der Waals surface area (Å²) in [4.78, 5) is 12.2. The van der Waals surface area contributed by atoms with Gasteiger partial charge in [0.05, 0.1) is 23.1 Å². The number of benzene rings is 2. The second-order valence-corrected chi connectivity index (χ2v) is 11.1. The molecule has 1 amide bonds. The van der Waals surface area contributed by atoms with Gasteiger partial charge in [-0.3, -0.25) is 4.79 Å². The average Bonchev–Trinajstić information content (AvgIpc) is 2.83. The van der Waals surface area contributed by atoms with Crippen molar-refractivity contribution in [3.8, 4) is 0 Å². The van der Waals surface area contributed by atoms with Crippen LogP contribution in [0.25, 0.3) is 0 Å². The van der Waals surface area contributed by atoms with Gasteiger partial charge in [-0.15, -0.1) is 0 Å². The highest BCUT2D eigenvalue weighted by Crippen LogP contribution is 2.32. The molecule has 1 aliphatic carbocycles. The van der Waals surface area contributed by atoms with Crippen molar-refractivity contribution in [3.05, 3.63) is 64.7 Å². The summed E-state index contributed by atoms with van der Waals surface area (Å²) < 4.78 is 71.5. The normalized spacial score (nSPS) is 17.6. The third-order valence-corrected chi connectivity index (χ3v) is 7.98. The SMILES string of the molecule is COCCN[C@H](C)c1ccc2c(c1)CCCC2NC(=O)C[C@H](C)NS(=O)(=O)c1cccc(C(F)(F)F)c1. The van der Waals surface area contributed by atoms with E-state index in [9.17, 15) is 26.4 Å². The van der Waals surface area contributed by atoms with Crippen molar-refractivity contribution < 1.29 is 31.1 Å². The fourth-order valence-electron chi connectivity index (χ4n) is 4.49. The van der Waals surface area contributed by atoms with Gasteiger partial charge in [0.15, 0.2) is 0 Å². The third-order valence-electron chi connectivity index (χ3n) is 6.39. The Morgan fingerprint density at radius 2 is 1.92 bits per heavy atom. The number of nitrogens with one attached hydrogen (secondary N) is 3. The van der Waals surface area contributed by atoms with Gasteiger partial charge in [-0.1, -0.05) is 24.3 Å². The van der Waals surface area contributed by atoms with Gasteiger partial charge in [0.2, 0.25) is 15.9 Å². The number of ether oxygens (including phenoxy) is 1. The van der Waals surface area contributed by atoms with Gasteiger partial charge in [0.25, 0.3) is 0 Å². The van der Waals surface area contributed by atoms with E-state index in [0.717, 1.165) is 55.1 Å². The number of halogens is 3. The fraction of sp³-hybridized carbons (Fsp3) is 0.500. The van der Waals surface area contributed by atoms with Crippen molar-refractivity contribution in [1.82, 2.24) is 15.4 Å². The lowest BCUT2D eigenvalue weighted by atomic mass is 9.85. The first kappa shape index (κ1) is 29.1. The number of carbonyl (C=O) groups excluding carboxylic acids is 1. The lowest BCUT2D eigenvalue weighted by molar-refractivity contribution is -0.137. The number of fused-ring (bicyclic) bond motifs is 1. The second kappa shape index (κ2) is 12.4. The molecule has 0 saturated carbocycles. The van der Waals surface area contributed by atoms with E-state index in [1.54, 1.807) is 7.11 Å². The van der Waals surface area contributed by atoms with Gasteiger partial charge in [0, 0.05) is 32.2 Å². The van der Waals surface area contributed by atoms with Crippen LogP contribution in [0.1, 0.15) is 67.4 Å². The molecule has 0 aliphatic heterocycles. The Balaban J connectivity index is 1.61. The predicted molar refractivity (Wildman–Crippen MR) is 134 cm³/mol. The number of aryl methyl sites for hydroxylation is 1. The van der Waals surface area contributed by atoms with E-state index < -0.39 is 32.7 Å². The summed E-state index contributed by atoms with van der Waals surface area (Å²) in [5, 5.41) is 6.40. The Morgan fingerprint density at radius 1 is 1.16 bits per heavy atom. The van der Waals surface area contributed by atoms with E-state index in [0.29, 0.717) is 12.7 Å². The van der Waals surface area contributed by atoms with Crippen molar-refractivity contribution in [2.24, 2.45) is 0 Å². The average molecular weight is 542 g/mol. The highest BCUT2D eigenvalue weighted by molar-refractivity contribution is 7.89. The van der Waals surface area contributed by atoms with Crippen molar-refractivity contribution >= 4 is 15.9 Å². The minimum atomic E-state index is -4.66. The van der Waals surface area contributed by atoms with Crippen LogP contribution in [0.2, 0.25) is 0 Å². The number of hydrogen-bond donors (Lipinski definition) is 3. The van der Waals surface area contributed by atoms with Gasteiger partial charge in [0.1, 0.15) is 0 Å². The van der Waals surface area contributed by atoms with Crippen LogP contribution in [-0.2, 0) is 32.2 Å². The zero-order valence-corrected chi connectivity index (χ0v) is 22.0. The predicted octanol–water partition coefficient (Wildman–Crippen LogP) is 4.25. The molecule has 3 N–H and O–H groups in total. The number of methoxy groups -OCH3 is 1. The quantitative estimate of drug-likeness (QED) is 0.370. The molecule has 3 atom stereocenters. The molecule has 7 nitrogen and oxygen atoms in total. The fourth-order valence-corrected chi connectivity index (χ4v) is 5.78. The summed E-state index contributed by atoms with van der Waals surface area (Å²) in [7, 11) is -2.58. The van der Waals surface area contributed by atoms with Gasteiger partial charge in [-0.2, -0.15) is 13.2 Å². The molecular formula is C26H34F3N3O4S. The summed E-state index contributed by atoms with van der Waals surface area (Å²) >= 11 is 0. The van der Waals surface area contributed by atoms with Gasteiger partial charge in [-0.05, 0) is 68.0 Å². The van der Waals surface area contributed by atoms with Crippen molar-refractivity contribution in [2.45, 2.75) is 68.7 Å². The molecule has 11 heteroatoms. The lowest BCUT2D eigenvalue weighted by Gasteiger charge is -2.28. The summed E-state index contributed by atoms with van der Waals surface area (Å²) in [5.41, 5.74) is 2.32. The Bertz CT molecular complexity index is 1190. The van der Waals surface area contributed by atoms with E-state index in [2.05, 4.69) is 28.3 Å². The van der Waals surface area contributed by atoms with E-state index in [1.165, 1.54) is 12.5 Å². The minimum absolute atomic E-state index is 0.150. The summed E-state index contributed by atoms with van der Waals surface area (Å²) in [6.45, 7) is 4.95. The van der Waals surface area contributed by atoms with Crippen LogP contribution in [0.3, 0.4) is 0 Å². The van der Waals surface area contributed by atoms with Crippen LogP contribution in [0.15, 0.2) is 47.4 Å². The molecule has 0 heterocycles. The number of amides is 1. The largest absolute Gasteiger partial charge is 0.416 e. The molecule has 3 rings (SSSR count). The van der Waals surface area contributed by atoms with E-state index >= 15 is 0 Å². The molecule has 0 fully saturated rings. The van der Waals surface area contributed by atoms with E-state index in [-0.39, 0.29) is 24.4 Å². The highest BCUT2D eigenvalue weighted by atomic mass is 32.2. The van der Waals surface area contributed by atoms with Crippen LogP contribution >= 0.6 is 0 Å². The molecule has 0 bridgehead atoms. The van der Waals surface area contributed by atoms with Crippen LogP contribution in [-0.4, -0.2) is 40.6 Å². The zero-order chi connectivity index (χ0) is 27.2. The number of sulfonamides is 1. The van der Waals surface area contributed by atoms with Crippen molar-refractivity contribution in [2.75, 3.05) is 20.3 Å². The maximum atomic E-state index is 13.0. The summed E-state index contributed by atoms with van der Waals surface area (Å²) in [6, 6.07) is 8.89. The Morgan fingerprint density at radius 3 is 2.62 bits per heavy atom. The Labute approximate surface area is 216 Å². The minimum Gasteiger partial charge on any atom is -0.383 e. The summed E-state index contributed by atoms with van der Waals surface area (Å²) in [6.07, 6.45) is -2.22. The first-order valence-corrected chi connectivity index (χ1v) is 13.7. The Kier molecular flexibility index (Phi) is 9.74. The lowest BCUT2D eigenvalue weighted by Crippen LogP contribution is -2.39. The number of alkyl halides is 3. The molecule has 0 aromatic heterocycles. The molecule has 0 saturated heterocycles. The van der Waals surface area contributed by atoms with Gasteiger partial charge in [-0.25, -0.2) is 13.1 Å². The smallest absolute Gasteiger partial charge is 0.383 e. The third kappa shape index (κ3) is 8.00. The molecule has 1 aliphatic rings. The first-order valence-electron chi connectivity index (χ1n) is 12.2. The molecule has 37 heavy (non-hydrogen) atoms. The van der Waals surface area contributed by atoms with Crippen LogP contribution in [0.4, 0.5) is 13.2 Å².